The summed E-state index contributed by atoms with van der Waals surface area (Å²) in [6.45, 7) is 0.640. The Morgan fingerprint density at radius 3 is 2.56 bits per heavy atom. The molecule has 0 aliphatic carbocycles. The third-order valence-corrected chi connectivity index (χ3v) is 4.01. The van der Waals surface area contributed by atoms with Gasteiger partial charge in [0, 0.05) is 19.6 Å². The summed E-state index contributed by atoms with van der Waals surface area (Å²) >= 11 is 0. The fourth-order valence-corrected chi connectivity index (χ4v) is 2.63. The van der Waals surface area contributed by atoms with E-state index < -0.39 is 48.6 Å². The molecule has 0 aromatic rings. The number of amides is 1. The number of nitrogens with one attached hydrogen (secondary N) is 1. The van der Waals surface area contributed by atoms with E-state index in [0.29, 0.717) is 19.6 Å². The van der Waals surface area contributed by atoms with Gasteiger partial charge in [-0.1, -0.05) is 0 Å². The van der Waals surface area contributed by atoms with E-state index in [1.807, 2.05) is 0 Å². The van der Waals surface area contributed by atoms with Crippen molar-refractivity contribution in [2.75, 3.05) is 19.8 Å². The van der Waals surface area contributed by atoms with Crippen molar-refractivity contribution in [2.45, 2.75) is 56.0 Å². The van der Waals surface area contributed by atoms with Crippen LogP contribution in [-0.2, 0) is 23.8 Å². The third kappa shape index (κ3) is 6.03. The summed E-state index contributed by atoms with van der Waals surface area (Å²) in [6.07, 6.45) is -4.58. The van der Waals surface area contributed by atoms with E-state index >= 15 is 0 Å². The first-order valence-electron chi connectivity index (χ1n) is 7.90. The number of aliphatic carboxylic acids is 1. The first kappa shape index (κ1) is 22.0. The molecule has 3 rings (SSSR count). The van der Waals surface area contributed by atoms with Crippen LogP contribution in [0, 0.1) is 0 Å². The van der Waals surface area contributed by atoms with E-state index in [1.54, 1.807) is 0 Å². The number of carboxylic acid groups (broad SMARTS) is 1. The van der Waals surface area contributed by atoms with Gasteiger partial charge in [0.1, 0.15) is 24.4 Å². The summed E-state index contributed by atoms with van der Waals surface area (Å²) < 4.78 is 16.5. The number of aliphatic hydroxyl groups is 2. The smallest absolute Gasteiger partial charge is 0.303 e. The Kier molecular flexibility index (Phi) is 9.00. The zero-order chi connectivity index (χ0) is 17.7. The lowest BCUT2D eigenvalue weighted by Crippen LogP contribution is -2.61. The van der Waals surface area contributed by atoms with Gasteiger partial charge in [0.05, 0.1) is 12.6 Å². The summed E-state index contributed by atoms with van der Waals surface area (Å²) in [7, 11) is 0. The lowest BCUT2D eigenvalue weighted by atomic mass is 9.98. The Bertz CT molecular complexity index is 453. The minimum Gasteiger partial charge on any atom is -0.481 e. The van der Waals surface area contributed by atoms with Gasteiger partial charge in [-0.15, -0.1) is 12.4 Å². The second-order valence-corrected chi connectivity index (χ2v) is 5.87. The number of fused-ring (bicyclic) bond motifs is 6. The highest BCUT2D eigenvalue weighted by Crippen LogP contribution is 2.25. The normalized spacial score (nSPS) is 33.3. The zero-order valence-corrected chi connectivity index (χ0v) is 14.4. The van der Waals surface area contributed by atoms with Gasteiger partial charge in [0.25, 0.3) is 0 Å². The van der Waals surface area contributed by atoms with Gasteiger partial charge in [0.2, 0.25) is 5.91 Å². The summed E-state index contributed by atoms with van der Waals surface area (Å²) in [5, 5.41) is 31.3. The number of aliphatic hydroxyl groups excluding tert-OH is 2. The highest BCUT2D eigenvalue weighted by molar-refractivity contribution is 5.85. The molecule has 3 fully saturated rings. The maximum absolute atomic E-state index is 11.9. The standard InChI is InChI=1S/C14H24N2O8.ClH/c15-7(2-3-9(17)18)13(21)16-6-8-12-10(19)11(20)14(24-8)23-5-1-4-22-12;/h7-8,10-12,14,19-20H,1-6,15H2,(H,16,21)(H,17,18);1H/t7-,8?,10?,11?,12?,14?;/m0./s1. The Morgan fingerprint density at radius 2 is 1.88 bits per heavy atom. The van der Waals surface area contributed by atoms with Crippen molar-refractivity contribution in [3.05, 3.63) is 0 Å². The maximum atomic E-state index is 11.9. The van der Waals surface area contributed by atoms with Gasteiger partial charge in [0.15, 0.2) is 6.29 Å². The summed E-state index contributed by atoms with van der Waals surface area (Å²) in [4.78, 5) is 22.4. The lowest BCUT2D eigenvalue weighted by molar-refractivity contribution is -0.292. The molecule has 25 heavy (non-hydrogen) atoms. The van der Waals surface area contributed by atoms with Crippen molar-refractivity contribution in [1.29, 1.82) is 0 Å². The molecular formula is C14H25ClN2O8. The first-order chi connectivity index (χ1) is 11.4. The van der Waals surface area contributed by atoms with Crippen LogP contribution in [0.3, 0.4) is 0 Å². The van der Waals surface area contributed by atoms with Crippen molar-refractivity contribution >= 4 is 24.3 Å². The van der Waals surface area contributed by atoms with Crippen LogP contribution in [0.2, 0.25) is 0 Å². The van der Waals surface area contributed by atoms with E-state index in [2.05, 4.69) is 5.32 Å². The van der Waals surface area contributed by atoms with Gasteiger partial charge in [-0.2, -0.15) is 0 Å². The maximum Gasteiger partial charge on any atom is 0.303 e. The Balaban J connectivity index is 0.00000312. The van der Waals surface area contributed by atoms with E-state index in [0.717, 1.165) is 0 Å². The third-order valence-electron chi connectivity index (χ3n) is 4.01. The van der Waals surface area contributed by atoms with Crippen LogP contribution in [0.25, 0.3) is 0 Å². The molecule has 0 aromatic carbocycles. The molecule has 2 bridgehead atoms. The molecule has 0 radical (unpaired) electrons. The monoisotopic (exact) mass is 384 g/mol. The molecule has 146 valence electrons. The van der Waals surface area contributed by atoms with Crippen molar-refractivity contribution < 1.29 is 39.1 Å². The first-order valence-corrected chi connectivity index (χ1v) is 7.90. The van der Waals surface area contributed by atoms with Gasteiger partial charge in [-0.3, -0.25) is 9.59 Å². The highest BCUT2D eigenvalue weighted by Gasteiger charge is 2.46. The molecule has 3 aliphatic rings. The van der Waals surface area contributed by atoms with E-state index in [4.69, 9.17) is 25.1 Å². The summed E-state index contributed by atoms with van der Waals surface area (Å²) in [6, 6.07) is -0.956. The predicted octanol–water partition coefficient (Wildman–Crippen LogP) is -2.03. The average Bonchev–Trinajstić information content (AvgIpc) is 2.69. The van der Waals surface area contributed by atoms with Crippen LogP contribution in [0.4, 0.5) is 0 Å². The quantitative estimate of drug-likeness (QED) is 0.347. The minimum absolute atomic E-state index is 0. The number of nitrogens with two attached hydrogens (primary N) is 1. The number of ether oxygens (including phenoxy) is 3. The molecule has 10 nitrogen and oxygen atoms in total. The zero-order valence-electron chi connectivity index (χ0n) is 13.6. The second-order valence-electron chi connectivity index (χ2n) is 5.87. The lowest BCUT2D eigenvalue weighted by Gasteiger charge is -2.41. The van der Waals surface area contributed by atoms with Crippen molar-refractivity contribution in [3.8, 4) is 0 Å². The molecule has 3 aliphatic heterocycles. The molecule has 3 heterocycles. The molecular weight excluding hydrogens is 360 g/mol. The fourth-order valence-electron chi connectivity index (χ4n) is 2.63. The van der Waals surface area contributed by atoms with Gasteiger partial charge in [-0.05, 0) is 12.8 Å². The largest absolute Gasteiger partial charge is 0.481 e. The topological polar surface area (TPSA) is 161 Å². The molecule has 0 spiro atoms. The molecule has 0 saturated carbocycles. The SMILES string of the molecule is Cl.N[C@@H](CCC(=O)O)C(=O)NCC1OC2OCCCOC1C(O)C2O. The van der Waals surface area contributed by atoms with Crippen molar-refractivity contribution in [2.24, 2.45) is 5.73 Å². The fraction of sp³-hybridized carbons (Fsp3) is 0.857. The second kappa shape index (κ2) is 10.2. The number of hydrogen-bond donors (Lipinski definition) is 5. The number of hydrogen-bond acceptors (Lipinski definition) is 8. The van der Waals surface area contributed by atoms with Gasteiger partial charge in [-0.25, -0.2) is 0 Å². The van der Waals surface area contributed by atoms with Gasteiger partial charge < -0.3 is 40.6 Å². The Labute approximate surface area is 151 Å². The molecule has 6 N–H and O–H groups in total. The summed E-state index contributed by atoms with van der Waals surface area (Å²) in [5.74, 6) is -1.55. The predicted molar refractivity (Wildman–Crippen MR) is 86.1 cm³/mol. The van der Waals surface area contributed by atoms with Crippen LogP contribution in [0.1, 0.15) is 19.3 Å². The number of carbonyl (C=O) groups is 2. The molecule has 3 saturated heterocycles. The highest BCUT2D eigenvalue weighted by atomic mass is 35.5. The van der Waals surface area contributed by atoms with Crippen LogP contribution in [-0.4, -0.2) is 83.7 Å². The number of carboxylic acids is 1. The van der Waals surface area contributed by atoms with Crippen molar-refractivity contribution in [1.82, 2.24) is 5.32 Å². The molecule has 6 atom stereocenters. The average molecular weight is 385 g/mol. The van der Waals surface area contributed by atoms with E-state index in [9.17, 15) is 19.8 Å². The van der Waals surface area contributed by atoms with Gasteiger partial charge >= 0.3 is 5.97 Å². The summed E-state index contributed by atoms with van der Waals surface area (Å²) in [5.41, 5.74) is 5.63. The number of halogens is 1. The van der Waals surface area contributed by atoms with Crippen LogP contribution in [0.5, 0.6) is 0 Å². The van der Waals surface area contributed by atoms with Crippen molar-refractivity contribution in [3.63, 3.8) is 0 Å². The van der Waals surface area contributed by atoms with E-state index in [-0.39, 0.29) is 31.8 Å². The molecule has 11 heteroatoms. The van der Waals surface area contributed by atoms with Crippen LogP contribution < -0.4 is 11.1 Å². The van der Waals surface area contributed by atoms with Crippen LogP contribution in [0.15, 0.2) is 0 Å². The Morgan fingerprint density at radius 1 is 1.20 bits per heavy atom. The molecule has 1 amide bonds. The van der Waals surface area contributed by atoms with E-state index in [1.165, 1.54) is 0 Å². The van der Waals surface area contributed by atoms with Crippen LogP contribution >= 0.6 is 12.4 Å². The molecule has 5 unspecified atom stereocenters. The number of carbonyl (C=O) groups excluding carboxylic acids is 1. The molecule has 0 aromatic heterocycles. The minimum atomic E-state index is -1.24. The Hall–Kier alpha value is -1.01. The number of rotatable bonds is 6.